The summed E-state index contributed by atoms with van der Waals surface area (Å²) in [5.41, 5.74) is -0.0964. The van der Waals surface area contributed by atoms with Crippen LogP contribution in [0.2, 0.25) is 0 Å². The Labute approximate surface area is 153 Å². The van der Waals surface area contributed by atoms with Crippen molar-refractivity contribution in [1.29, 1.82) is 0 Å². The van der Waals surface area contributed by atoms with Crippen LogP contribution in [-0.4, -0.2) is 49.5 Å². The number of fused-ring (bicyclic) bond motifs is 1. The predicted molar refractivity (Wildman–Crippen MR) is 101 cm³/mol. The quantitative estimate of drug-likeness (QED) is 0.627. The van der Waals surface area contributed by atoms with E-state index in [0.29, 0.717) is 29.5 Å². The first-order chi connectivity index (χ1) is 12.1. The molecule has 0 aliphatic rings. The molecule has 0 bridgehead atoms. The standard InChI is InChI=1S/C18H31N5O3/c1-12(2)7-22(8-13(3)4)9-14(24)10-23-11-19-16-15(23)17(25)21(6)18(26)20(16)5/h11-14,24H,7-10H2,1-6H3/p+1/t14-/m1/s1. The van der Waals surface area contributed by atoms with E-state index in [4.69, 9.17) is 0 Å². The van der Waals surface area contributed by atoms with Crippen LogP contribution in [-0.2, 0) is 20.6 Å². The third kappa shape index (κ3) is 4.42. The number of quaternary nitrogens is 1. The van der Waals surface area contributed by atoms with Gasteiger partial charge in [-0.25, -0.2) is 9.78 Å². The molecule has 0 radical (unpaired) electrons. The molecule has 0 spiro atoms. The van der Waals surface area contributed by atoms with Crippen LogP contribution in [0, 0.1) is 11.8 Å². The Morgan fingerprint density at radius 3 is 2.15 bits per heavy atom. The average Bonchev–Trinajstić information content (AvgIpc) is 2.93. The highest BCUT2D eigenvalue weighted by Crippen LogP contribution is 2.06. The van der Waals surface area contributed by atoms with Crippen molar-refractivity contribution >= 4 is 11.2 Å². The fourth-order valence-electron chi connectivity index (χ4n) is 3.56. The van der Waals surface area contributed by atoms with Crippen LogP contribution in [0.3, 0.4) is 0 Å². The molecule has 8 nitrogen and oxygen atoms in total. The fourth-order valence-corrected chi connectivity index (χ4v) is 3.56. The topological polar surface area (TPSA) is 86.5 Å². The van der Waals surface area contributed by atoms with Gasteiger partial charge in [0.2, 0.25) is 0 Å². The van der Waals surface area contributed by atoms with E-state index in [-0.39, 0.29) is 12.1 Å². The molecule has 0 saturated heterocycles. The molecule has 26 heavy (non-hydrogen) atoms. The summed E-state index contributed by atoms with van der Waals surface area (Å²) in [5, 5.41) is 10.6. The van der Waals surface area contributed by atoms with E-state index >= 15 is 0 Å². The van der Waals surface area contributed by atoms with Gasteiger partial charge in [-0.1, -0.05) is 27.7 Å². The van der Waals surface area contributed by atoms with Crippen molar-refractivity contribution in [2.45, 2.75) is 40.3 Å². The van der Waals surface area contributed by atoms with Gasteiger partial charge in [0, 0.05) is 25.9 Å². The van der Waals surface area contributed by atoms with Gasteiger partial charge in [0.15, 0.2) is 11.2 Å². The lowest BCUT2D eigenvalue weighted by atomic mass is 10.1. The second-order valence-corrected chi connectivity index (χ2v) is 8.08. The van der Waals surface area contributed by atoms with Gasteiger partial charge in [0.05, 0.1) is 26.0 Å². The molecule has 2 rings (SSSR count). The minimum atomic E-state index is -0.596. The third-order valence-electron chi connectivity index (χ3n) is 4.54. The van der Waals surface area contributed by atoms with Gasteiger partial charge < -0.3 is 14.6 Å². The summed E-state index contributed by atoms with van der Waals surface area (Å²) in [6.45, 7) is 11.6. The predicted octanol–water partition coefficient (Wildman–Crippen LogP) is -1.01. The van der Waals surface area contributed by atoms with Crippen molar-refractivity contribution in [2.24, 2.45) is 25.9 Å². The summed E-state index contributed by atoms with van der Waals surface area (Å²) in [4.78, 5) is 30.0. The minimum Gasteiger partial charge on any atom is -0.385 e. The Morgan fingerprint density at radius 2 is 1.62 bits per heavy atom. The maximum atomic E-state index is 12.5. The number of hydrogen-bond acceptors (Lipinski definition) is 4. The zero-order valence-electron chi connectivity index (χ0n) is 16.7. The second-order valence-electron chi connectivity index (χ2n) is 8.08. The molecule has 146 valence electrons. The van der Waals surface area contributed by atoms with E-state index in [0.717, 1.165) is 17.7 Å². The largest absolute Gasteiger partial charge is 0.385 e. The van der Waals surface area contributed by atoms with Crippen molar-refractivity contribution in [3.8, 4) is 0 Å². The molecular formula is C18H32N5O3+. The highest BCUT2D eigenvalue weighted by Gasteiger charge is 2.21. The monoisotopic (exact) mass is 366 g/mol. The zero-order valence-corrected chi connectivity index (χ0v) is 16.7. The van der Waals surface area contributed by atoms with E-state index in [2.05, 4.69) is 32.7 Å². The number of aryl methyl sites for hydroxylation is 1. The van der Waals surface area contributed by atoms with Gasteiger partial charge in [0.1, 0.15) is 12.6 Å². The molecule has 0 aromatic carbocycles. The highest BCUT2D eigenvalue weighted by atomic mass is 16.3. The number of aliphatic hydroxyl groups excluding tert-OH is 1. The van der Waals surface area contributed by atoms with Crippen molar-refractivity contribution in [3.63, 3.8) is 0 Å². The Morgan fingerprint density at radius 1 is 1.04 bits per heavy atom. The Balaban J connectivity index is 2.25. The SMILES string of the molecule is CC(C)C[NH+](CC(C)C)C[C@@H](O)Cn1cnc2c1c(=O)n(C)c(=O)n2C. The number of aliphatic hydroxyl groups is 1. The van der Waals surface area contributed by atoms with Crippen LogP contribution in [0.4, 0.5) is 0 Å². The van der Waals surface area contributed by atoms with Gasteiger partial charge in [-0.3, -0.25) is 13.9 Å². The van der Waals surface area contributed by atoms with Crippen LogP contribution in [0.15, 0.2) is 15.9 Å². The van der Waals surface area contributed by atoms with Gasteiger partial charge in [-0.2, -0.15) is 0 Å². The number of aromatic nitrogens is 4. The third-order valence-corrected chi connectivity index (χ3v) is 4.54. The normalized spacial score (nSPS) is 13.5. The maximum absolute atomic E-state index is 12.5. The molecule has 2 heterocycles. The average molecular weight is 366 g/mol. The van der Waals surface area contributed by atoms with Crippen LogP contribution in [0.1, 0.15) is 27.7 Å². The number of nitrogens with one attached hydrogen (secondary N) is 1. The summed E-state index contributed by atoms with van der Waals surface area (Å²) in [6.07, 6.45) is 0.932. The molecule has 1 atom stereocenters. The summed E-state index contributed by atoms with van der Waals surface area (Å²) < 4.78 is 4.08. The maximum Gasteiger partial charge on any atom is 0.332 e. The summed E-state index contributed by atoms with van der Waals surface area (Å²) in [7, 11) is 3.05. The zero-order chi connectivity index (χ0) is 19.6. The van der Waals surface area contributed by atoms with Crippen molar-refractivity contribution in [2.75, 3.05) is 19.6 Å². The molecule has 0 fully saturated rings. The van der Waals surface area contributed by atoms with E-state index in [1.807, 2.05) is 0 Å². The lowest BCUT2D eigenvalue weighted by molar-refractivity contribution is -0.909. The highest BCUT2D eigenvalue weighted by molar-refractivity contribution is 5.69. The van der Waals surface area contributed by atoms with Crippen molar-refractivity contribution < 1.29 is 10.0 Å². The molecule has 2 N–H and O–H groups in total. The van der Waals surface area contributed by atoms with E-state index in [1.165, 1.54) is 22.8 Å². The van der Waals surface area contributed by atoms with E-state index < -0.39 is 11.8 Å². The van der Waals surface area contributed by atoms with Crippen LogP contribution in [0.25, 0.3) is 11.2 Å². The molecule has 0 unspecified atom stereocenters. The first kappa shape index (κ1) is 20.4. The molecule has 2 aromatic rings. The lowest BCUT2D eigenvalue weighted by Gasteiger charge is -2.25. The molecule has 8 heteroatoms. The first-order valence-electron chi connectivity index (χ1n) is 9.24. The Kier molecular flexibility index (Phi) is 6.41. The molecule has 0 aliphatic heterocycles. The van der Waals surface area contributed by atoms with Gasteiger partial charge in [-0.05, 0) is 0 Å². The van der Waals surface area contributed by atoms with Crippen LogP contribution in [0.5, 0.6) is 0 Å². The van der Waals surface area contributed by atoms with Gasteiger partial charge in [-0.15, -0.1) is 0 Å². The smallest absolute Gasteiger partial charge is 0.332 e. The summed E-state index contributed by atoms with van der Waals surface area (Å²) in [5.74, 6) is 1.10. The summed E-state index contributed by atoms with van der Waals surface area (Å²) in [6, 6.07) is 0. The molecule has 0 aliphatic carbocycles. The van der Waals surface area contributed by atoms with E-state index in [9.17, 15) is 14.7 Å². The molecular weight excluding hydrogens is 334 g/mol. The summed E-state index contributed by atoms with van der Waals surface area (Å²) >= 11 is 0. The van der Waals surface area contributed by atoms with Crippen molar-refractivity contribution in [1.82, 2.24) is 18.7 Å². The molecule has 0 saturated carbocycles. The molecule has 2 aromatic heterocycles. The van der Waals surface area contributed by atoms with Crippen LogP contribution >= 0.6 is 0 Å². The Hall–Kier alpha value is -1.93. The van der Waals surface area contributed by atoms with Gasteiger partial charge >= 0.3 is 5.69 Å². The van der Waals surface area contributed by atoms with Gasteiger partial charge in [0.25, 0.3) is 5.56 Å². The minimum absolute atomic E-state index is 0.281. The number of imidazole rings is 1. The number of hydrogen-bond donors (Lipinski definition) is 2. The number of nitrogens with zero attached hydrogens (tertiary/aromatic N) is 4. The number of rotatable bonds is 8. The fraction of sp³-hybridized carbons (Fsp3) is 0.722. The first-order valence-corrected chi connectivity index (χ1v) is 9.24. The molecule has 0 amide bonds. The van der Waals surface area contributed by atoms with Crippen molar-refractivity contribution in [3.05, 3.63) is 27.2 Å². The Bertz CT molecular complexity index is 852. The van der Waals surface area contributed by atoms with Crippen LogP contribution < -0.4 is 16.1 Å². The lowest BCUT2D eigenvalue weighted by Crippen LogP contribution is -3.14. The van der Waals surface area contributed by atoms with E-state index in [1.54, 1.807) is 11.6 Å². The second kappa shape index (κ2) is 8.18.